The lowest BCUT2D eigenvalue weighted by Gasteiger charge is -2.16. The van der Waals surface area contributed by atoms with Crippen LogP contribution in [0.5, 0.6) is 0 Å². The summed E-state index contributed by atoms with van der Waals surface area (Å²) >= 11 is 0. The fourth-order valence-corrected chi connectivity index (χ4v) is 1.83. The van der Waals surface area contributed by atoms with E-state index in [1.807, 2.05) is 12.2 Å². The van der Waals surface area contributed by atoms with E-state index in [4.69, 9.17) is 4.74 Å². The number of methoxy groups -OCH3 is 1. The van der Waals surface area contributed by atoms with Crippen molar-refractivity contribution < 1.29 is 9.53 Å². The summed E-state index contributed by atoms with van der Waals surface area (Å²) in [5, 5.41) is 0. The van der Waals surface area contributed by atoms with Crippen molar-refractivity contribution in [3.63, 3.8) is 0 Å². The summed E-state index contributed by atoms with van der Waals surface area (Å²) in [5.41, 5.74) is 2.23. The Hall–Kier alpha value is -0.890. The molecule has 0 saturated carbocycles. The highest BCUT2D eigenvalue weighted by Crippen LogP contribution is 2.31. The Balaban J connectivity index is 2.21. The first-order valence-electron chi connectivity index (χ1n) is 4.27. The molecule has 0 saturated heterocycles. The lowest BCUT2D eigenvalue weighted by Crippen LogP contribution is -2.11. The first-order valence-corrected chi connectivity index (χ1v) is 4.27. The molecule has 2 nitrogen and oxygen atoms in total. The average Bonchev–Trinajstić information content (AvgIpc) is 2.47. The van der Waals surface area contributed by atoms with Crippen LogP contribution in [-0.2, 0) is 9.53 Å². The molecule has 1 atom stereocenters. The summed E-state index contributed by atoms with van der Waals surface area (Å²) in [5.74, 6) is 0.302. The minimum absolute atomic E-state index is 0.189. The number of carbonyl (C=O) groups is 1. The molecule has 0 amide bonds. The minimum atomic E-state index is 0.189. The van der Waals surface area contributed by atoms with Gasteiger partial charge in [-0.05, 0) is 12.8 Å². The number of allylic oxidation sites excluding steroid dienone is 2. The van der Waals surface area contributed by atoms with Crippen molar-refractivity contribution in [1.82, 2.24) is 0 Å². The standard InChI is InChI=1S/C10H12O2/c1-12-8-3-4-9-7(6-8)2-5-10(9)11/h3-4,8H,2,5-6H2,1H3. The Bertz CT molecular complexity index is 274. The highest BCUT2D eigenvalue weighted by Gasteiger charge is 2.25. The third-order valence-electron chi connectivity index (χ3n) is 2.56. The molecule has 2 aliphatic rings. The van der Waals surface area contributed by atoms with Crippen molar-refractivity contribution in [2.45, 2.75) is 25.4 Å². The van der Waals surface area contributed by atoms with Gasteiger partial charge in [-0.25, -0.2) is 0 Å². The monoisotopic (exact) mass is 164 g/mol. The zero-order chi connectivity index (χ0) is 8.55. The van der Waals surface area contributed by atoms with Crippen LogP contribution in [0.2, 0.25) is 0 Å². The minimum Gasteiger partial charge on any atom is -0.377 e. The summed E-state index contributed by atoms with van der Waals surface area (Å²) in [6.45, 7) is 0. The van der Waals surface area contributed by atoms with Gasteiger partial charge in [0.25, 0.3) is 0 Å². The maximum atomic E-state index is 11.3. The molecule has 2 heteroatoms. The van der Waals surface area contributed by atoms with Gasteiger partial charge in [0.15, 0.2) is 5.78 Å². The van der Waals surface area contributed by atoms with Crippen LogP contribution in [-0.4, -0.2) is 19.0 Å². The summed E-state index contributed by atoms with van der Waals surface area (Å²) in [6.07, 6.45) is 6.64. The molecule has 0 N–H and O–H groups in total. The molecule has 0 bridgehead atoms. The fourth-order valence-electron chi connectivity index (χ4n) is 1.83. The van der Waals surface area contributed by atoms with Crippen molar-refractivity contribution >= 4 is 5.78 Å². The van der Waals surface area contributed by atoms with Gasteiger partial charge >= 0.3 is 0 Å². The van der Waals surface area contributed by atoms with E-state index in [0.29, 0.717) is 12.2 Å². The highest BCUT2D eigenvalue weighted by atomic mass is 16.5. The summed E-state index contributed by atoms with van der Waals surface area (Å²) in [7, 11) is 1.71. The molecule has 0 heterocycles. The average molecular weight is 164 g/mol. The van der Waals surface area contributed by atoms with E-state index >= 15 is 0 Å². The molecule has 0 aromatic rings. The molecule has 1 unspecified atom stereocenters. The largest absolute Gasteiger partial charge is 0.377 e. The second kappa shape index (κ2) is 2.87. The number of hydrogen-bond acceptors (Lipinski definition) is 2. The van der Waals surface area contributed by atoms with Crippen LogP contribution in [0, 0.1) is 0 Å². The van der Waals surface area contributed by atoms with Gasteiger partial charge in [0.05, 0.1) is 6.10 Å². The van der Waals surface area contributed by atoms with Crippen LogP contribution in [0.15, 0.2) is 23.3 Å². The van der Waals surface area contributed by atoms with Crippen LogP contribution in [0.4, 0.5) is 0 Å². The quantitative estimate of drug-likeness (QED) is 0.588. The predicted octanol–water partition coefficient (Wildman–Crippen LogP) is 1.62. The molecule has 12 heavy (non-hydrogen) atoms. The van der Waals surface area contributed by atoms with E-state index in [1.165, 1.54) is 5.57 Å². The van der Waals surface area contributed by atoms with Crippen LogP contribution in [0.3, 0.4) is 0 Å². The second-order valence-electron chi connectivity index (χ2n) is 3.28. The molecule has 64 valence electrons. The number of hydrogen-bond donors (Lipinski definition) is 0. The first-order chi connectivity index (χ1) is 5.81. The van der Waals surface area contributed by atoms with Crippen molar-refractivity contribution in [3.05, 3.63) is 23.3 Å². The fraction of sp³-hybridized carbons (Fsp3) is 0.500. The topological polar surface area (TPSA) is 26.3 Å². The third kappa shape index (κ3) is 1.12. The molecular weight excluding hydrogens is 152 g/mol. The molecule has 0 spiro atoms. The second-order valence-corrected chi connectivity index (χ2v) is 3.28. The Morgan fingerprint density at radius 1 is 1.50 bits per heavy atom. The molecule has 2 aliphatic carbocycles. The van der Waals surface area contributed by atoms with Crippen LogP contribution in [0.1, 0.15) is 19.3 Å². The number of carbonyl (C=O) groups excluding carboxylic acids is 1. The van der Waals surface area contributed by atoms with E-state index in [-0.39, 0.29) is 6.10 Å². The predicted molar refractivity (Wildman–Crippen MR) is 45.8 cm³/mol. The summed E-state index contributed by atoms with van der Waals surface area (Å²) in [6, 6.07) is 0. The molecular formula is C10H12O2. The lowest BCUT2D eigenvalue weighted by atomic mass is 9.98. The zero-order valence-electron chi connectivity index (χ0n) is 7.17. The normalized spacial score (nSPS) is 28.1. The van der Waals surface area contributed by atoms with E-state index < -0.39 is 0 Å². The van der Waals surface area contributed by atoms with Crippen LogP contribution >= 0.6 is 0 Å². The first kappa shape index (κ1) is 7.74. The summed E-state index contributed by atoms with van der Waals surface area (Å²) < 4.78 is 5.20. The van der Waals surface area contributed by atoms with Crippen molar-refractivity contribution in [2.24, 2.45) is 0 Å². The van der Waals surface area contributed by atoms with Gasteiger partial charge in [0, 0.05) is 19.1 Å². The van der Waals surface area contributed by atoms with Gasteiger partial charge in [-0.3, -0.25) is 4.79 Å². The Morgan fingerprint density at radius 2 is 2.33 bits per heavy atom. The van der Waals surface area contributed by atoms with E-state index in [9.17, 15) is 4.79 Å². The van der Waals surface area contributed by atoms with Gasteiger partial charge in [-0.2, -0.15) is 0 Å². The van der Waals surface area contributed by atoms with Crippen LogP contribution in [0.25, 0.3) is 0 Å². The Labute approximate surface area is 71.9 Å². The number of ketones is 1. The van der Waals surface area contributed by atoms with Crippen molar-refractivity contribution in [1.29, 1.82) is 0 Å². The van der Waals surface area contributed by atoms with E-state index in [2.05, 4.69) is 0 Å². The smallest absolute Gasteiger partial charge is 0.163 e. The van der Waals surface area contributed by atoms with Gasteiger partial charge in [0.1, 0.15) is 0 Å². The number of Topliss-reactive ketones (excluding diaryl/α,β-unsaturated/α-hetero) is 1. The maximum Gasteiger partial charge on any atom is 0.163 e. The van der Waals surface area contributed by atoms with Crippen molar-refractivity contribution in [3.8, 4) is 0 Å². The molecule has 0 aliphatic heterocycles. The Kier molecular flexibility index (Phi) is 1.85. The molecule has 2 rings (SSSR count). The van der Waals surface area contributed by atoms with Gasteiger partial charge in [0.2, 0.25) is 0 Å². The SMILES string of the molecule is COC1C=CC2=C(CCC2=O)C1. The molecule has 0 aromatic carbocycles. The van der Waals surface area contributed by atoms with Gasteiger partial charge < -0.3 is 4.74 Å². The van der Waals surface area contributed by atoms with Gasteiger partial charge in [-0.15, -0.1) is 0 Å². The van der Waals surface area contributed by atoms with E-state index in [0.717, 1.165) is 18.4 Å². The molecule has 0 radical (unpaired) electrons. The highest BCUT2D eigenvalue weighted by molar-refractivity contribution is 6.01. The lowest BCUT2D eigenvalue weighted by molar-refractivity contribution is -0.114. The molecule has 0 fully saturated rings. The number of rotatable bonds is 1. The van der Waals surface area contributed by atoms with E-state index in [1.54, 1.807) is 7.11 Å². The molecule has 0 aromatic heterocycles. The van der Waals surface area contributed by atoms with Crippen LogP contribution < -0.4 is 0 Å². The maximum absolute atomic E-state index is 11.3. The van der Waals surface area contributed by atoms with Gasteiger partial charge in [-0.1, -0.05) is 17.7 Å². The third-order valence-corrected chi connectivity index (χ3v) is 2.56. The summed E-state index contributed by atoms with van der Waals surface area (Å²) in [4.78, 5) is 11.3. The zero-order valence-corrected chi connectivity index (χ0v) is 7.17. The number of ether oxygens (including phenoxy) is 1. The van der Waals surface area contributed by atoms with Crippen molar-refractivity contribution in [2.75, 3.05) is 7.11 Å². The Morgan fingerprint density at radius 3 is 3.08 bits per heavy atom.